The molecule has 0 atom stereocenters. The molecule has 0 aromatic heterocycles. The van der Waals surface area contributed by atoms with Gasteiger partial charge in [0, 0.05) is 0 Å². The van der Waals surface area contributed by atoms with Gasteiger partial charge in [-0.2, -0.15) is 15.6 Å². The van der Waals surface area contributed by atoms with Gasteiger partial charge in [0.25, 0.3) is 0 Å². The van der Waals surface area contributed by atoms with Crippen molar-refractivity contribution < 1.29 is 135 Å². The molecule has 0 aromatic carbocycles. The Hall–Kier alpha value is 3.18. The fourth-order valence-corrected chi connectivity index (χ4v) is 0. The topological polar surface area (TPSA) is 275 Å². The van der Waals surface area contributed by atoms with Gasteiger partial charge < -0.3 is 38.5 Å². The van der Waals surface area contributed by atoms with E-state index in [1.807, 2.05) is 0 Å². The van der Waals surface area contributed by atoms with Crippen molar-refractivity contribution in [3.05, 3.63) is 0 Å². The van der Waals surface area contributed by atoms with Crippen LogP contribution in [0.15, 0.2) is 0 Å². The van der Waals surface area contributed by atoms with Crippen LogP contribution in [0.4, 0.5) is 0 Å². The van der Waals surface area contributed by atoms with Crippen LogP contribution in [-0.4, -0.2) is 29.6 Å². The van der Waals surface area contributed by atoms with Crippen molar-refractivity contribution >= 4 is 45.2 Å². The van der Waals surface area contributed by atoms with Crippen LogP contribution >= 0.6 is 15.6 Å². The Morgan fingerprint density at radius 3 is 0.500 bits per heavy atom. The van der Waals surface area contributed by atoms with Crippen LogP contribution in [0.5, 0.6) is 0 Å². The van der Waals surface area contributed by atoms with Crippen LogP contribution in [0, 0.1) is 83.5 Å². The van der Waals surface area contributed by atoms with E-state index in [1.165, 1.54) is 0 Å². The van der Waals surface area contributed by atoms with Crippen molar-refractivity contribution in [2.45, 2.75) is 0 Å². The molecule has 108 valence electrons. The summed E-state index contributed by atoms with van der Waals surface area (Å²) in [5, 5.41) is 0. The second-order valence-corrected chi connectivity index (χ2v) is 5.02. The van der Waals surface area contributed by atoms with E-state index in [-0.39, 0.29) is 29.6 Å². The van der Waals surface area contributed by atoms with Crippen molar-refractivity contribution in [1.82, 2.24) is 0 Å². The van der Waals surface area contributed by atoms with E-state index < -0.39 is 99.1 Å². The average molecular weight is 1020 g/mol. The van der Waals surface area contributed by atoms with Gasteiger partial charge in [0.1, 0.15) is 0 Å². The van der Waals surface area contributed by atoms with Crippen LogP contribution < -0.4 is 29.4 Å². The summed E-state index contributed by atoms with van der Waals surface area (Å²) in [6.07, 6.45) is 0. The van der Waals surface area contributed by atoms with Crippen LogP contribution in [-0.2, 0) is 22.5 Å². The monoisotopic (exact) mass is 1020 g/mol. The molecular formula is HNaO14P2U3. The Kier molecular flexibility index (Phi) is 58.1. The molecule has 0 aliphatic carbocycles. The summed E-state index contributed by atoms with van der Waals surface area (Å²) in [6.45, 7) is 0. The normalized spacial score (nSPS) is 7.10. The van der Waals surface area contributed by atoms with Crippen molar-refractivity contribution in [2.24, 2.45) is 0 Å². The Morgan fingerprint density at radius 1 is 0.500 bits per heavy atom. The third-order valence-corrected chi connectivity index (χ3v) is 0. The molecule has 0 aromatic rings. The van der Waals surface area contributed by atoms with Gasteiger partial charge in [0.05, 0.1) is 0 Å². The van der Waals surface area contributed by atoms with E-state index in [0.29, 0.717) is 0 Å². The summed E-state index contributed by atoms with van der Waals surface area (Å²) < 4.78 is 68.6. The van der Waals surface area contributed by atoms with Gasteiger partial charge in [0.2, 0.25) is 0 Å². The van der Waals surface area contributed by atoms with Gasteiger partial charge in [-0.25, -0.2) is 0 Å². The molecule has 0 spiro atoms. The summed E-state index contributed by atoms with van der Waals surface area (Å²) in [4.78, 5) is 51.3. The number of rotatable bonds is 0. The van der Waals surface area contributed by atoms with Crippen LogP contribution in [0.2, 0.25) is 0 Å². The third kappa shape index (κ3) is 855. The van der Waals surface area contributed by atoms with Gasteiger partial charge >= 0.3 is 126 Å². The second kappa shape index (κ2) is 30.1. The Bertz CT molecular complexity index is 306. The first-order valence-corrected chi connectivity index (χ1v) is 15.8. The summed E-state index contributed by atoms with van der Waals surface area (Å²) in [7, 11) is -10.8. The minimum atomic E-state index is -5.39. The van der Waals surface area contributed by atoms with Crippen LogP contribution in [0.25, 0.3) is 0 Å². The quantitative estimate of drug-likeness (QED) is 0.161. The molecule has 0 saturated carbocycles. The zero-order valence-corrected chi connectivity index (χ0v) is 22.4. The van der Waals surface area contributed by atoms with E-state index in [0.717, 1.165) is 0 Å². The van der Waals surface area contributed by atoms with Gasteiger partial charge in [-0.15, -0.1) is 0 Å². The van der Waals surface area contributed by atoms with Gasteiger partial charge in [-0.1, -0.05) is 0 Å². The molecule has 20 heavy (non-hydrogen) atoms. The van der Waals surface area contributed by atoms with E-state index in [2.05, 4.69) is 0 Å². The molecule has 0 saturated heterocycles. The van der Waals surface area contributed by atoms with Crippen molar-refractivity contribution in [3.8, 4) is 0 Å². The first-order valence-electron chi connectivity index (χ1n) is 2.69. The zero-order chi connectivity index (χ0) is 17.1. The fraction of sp³-hybridized carbons (Fsp3) is 0. The molecule has 0 fully saturated rings. The second-order valence-electron chi connectivity index (χ2n) is 1.14. The van der Waals surface area contributed by atoms with E-state index in [1.54, 1.807) is 0 Å². The molecule has 0 amide bonds. The summed E-state index contributed by atoms with van der Waals surface area (Å²) in [5.74, 6) is 0. The first kappa shape index (κ1) is 38.6. The molecule has 0 N–H and O–H groups in total. The summed E-state index contributed by atoms with van der Waals surface area (Å²) in [5.41, 5.74) is 0. The molecule has 0 aliphatic rings. The van der Waals surface area contributed by atoms with Crippen molar-refractivity contribution in [2.75, 3.05) is 0 Å². The molecule has 0 radical (unpaired) electrons. The zero-order valence-electron chi connectivity index (χ0n) is 8.11. The standard InChI is InChI=1S/Na.2H3O4P.6O.3U.H/c;2*1-5(2,3)4;;;;;;;;;;/h;2*(H3,1,2,3,4);;;;;;;;;;/q;;;;;;;;;3*+2;/p-6. The first-order chi connectivity index (χ1) is 8.24. The van der Waals surface area contributed by atoms with Gasteiger partial charge in [-0.3, -0.25) is 0 Å². The molecule has 0 heterocycles. The molecular weight excluding hydrogens is 1020 g/mol. The molecule has 20 heteroatoms. The Balaban J connectivity index is -0.0000000310. The SMILES string of the molecule is O=P([O-])([O-])[O-].O=P([O-])([O-])[O-].[NaH].[O]=[U+2]=[O].[O]=[U+2]=[O].[O]=[U+2]=[O]. The molecule has 0 aliphatic heterocycles. The van der Waals surface area contributed by atoms with Crippen molar-refractivity contribution in [1.29, 1.82) is 0 Å². The van der Waals surface area contributed by atoms with Gasteiger partial charge in [0.15, 0.2) is 0 Å². The average Bonchev–Trinajstić information content (AvgIpc) is 1.99. The molecule has 14 nitrogen and oxygen atoms in total. The summed E-state index contributed by atoms with van der Waals surface area (Å²) >= 11 is -7.52. The predicted molar refractivity (Wildman–Crippen MR) is 26.5 cm³/mol. The maximum atomic E-state index is 8.58. The number of hydrogen-bond acceptors (Lipinski definition) is 14. The van der Waals surface area contributed by atoms with E-state index in [4.69, 9.17) is 51.9 Å². The van der Waals surface area contributed by atoms with Crippen LogP contribution in [0.1, 0.15) is 0 Å². The molecule has 0 unspecified atom stereocenters. The Morgan fingerprint density at radius 2 is 0.500 bits per heavy atom. The fourth-order valence-electron chi connectivity index (χ4n) is 0. The van der Waals surface area contributed by atoms with Crippen molar-refractivity contribution in [3.63, 3.8) is 0 Å². The minimum absolute atomic E-state index is 0. The molecule has 0 rings (SSSR count). The van der Waals surface area contributed by atoms with E-state index in [9.17, 15) is 0 Å². The number of phosphoric acid groups is 2. The predicted octanol–water partition coefficient (Wildman–Crippen LogP) is -7.01. The summed E-state index contributed by atoms with van der Waals surface area (Å²) in [6, 6.07) is 0. The van der Waals surface area contributed by atoms with E-state index >= 15 is 0 Å². The van der Waals surface area contributed by atoms with Gasteiger partial charge in [-0.05, 0) is 0 Å². The Labute approximate surface area is 177 Å². The number of hydrogen-bond donors (Lipinski definition) is 0. The maximum absolute atomic E-state index is 8.58. The van der Waals surface area contributed by atoms with Crippen LogP contribution in [0.3, 0.4) is 0 Å². The molecule has 0 bridgehead atoms. The third-order valence-electron chi connectivity index (χ3n) is 0.